The lowest BCUT2D eigenvalue weighted by atomic mass is 10.1. The molecule has 0 aromatic rings. The zero-order chi connectivity index (χ0) is 9.07. The van der Waals surface area contributed by atoms with Crippen molar-refractivity contribution in [3.05, 3.63) is 12.2 Å². The van der Waals surface area contributed by atoms with Crippen LogP contribution < -0.4 is 0 Å². The van der Waals surface area contributed by atoms with Gasteiger partial charge in [-0.2, -0.15) is 0 Å². The molecule has 0 saturated heterocycles. The normalized spacial score (nSPS) is 10.8. The summed E-state index contributed by atoms with van der Waals surface area (Å²) in [5, 5.41) is 0. The number of methoxy groups -OCH3 is 1. The minimum atomic E-state index is 0.703. The molecule has 0 saturated carbocycles. The van der Waals surface area contributed by atoms with Crippen LogP contribution in [0.3, 0.4) is 0 Å². The summed E-state index contributed by atoms with van der Waals surface area (Å²) in [6.45, 7) is 0.703. The molecule has 0 rings (SSSR count). The van der Waals surface area contributed by atoms with E-state index in [1.54, 1.807) is 7.11 Å². The highest BCUT2D eigenvalue weighted by Gasteiger charge is 1.85. The van der Waals surface area contributed by atoms with Gasteiger partial charge in [0.05, 0.1) is 6.61 Å². The fraction of sp³-hybridized carbons (Fsp3) is 0.700. The third-order valence-corrected chi connectivity index (χ3v) is 1.62. The van der Waals surface area contributed by atoms with E-state index in [9.17, 15) is 4.79 Å². The standard InChI is InChI=1S/C10H18O2/c1-12-10-8-6-4-2-3-5-7-9-11/h6,8-9H,2-5,7,10H2,1H3. The molecular weight excluding hydrogens is 152 g/mol. The van der Waals surface area contributed by atoms with E-state index in [1.165, 1.54) is 6.42 Å². The topological polar surface area (TPSA) is 26.3 Å². The molecule has 0 amide bonds. The Morgan fingerprint density at radius 1 is 1.08 bits per heavy atom. The molecular formula is C10H18O2. The number of hydrogen-bond acceptors (Lipinski definition) is 2. The fourth-order valence-electron chi connectivity index (χ4n) is 0.949. The molecule has 0 aliphatic carbocycles. The molecule has 0 atom stereocenters. The first-order valence-corrected chi connectivity index (χ1v) is 4.49. The van der Waals surface area contributed by atoms with Crippen LogP contribution in [0.4, 0.5) is 0 Å². The summed E-state index contributed by atoms with van der Waals surface area (Å²) in [6, 6.07) is 0. The summed E-state index contributed by atoms with van der Waals surface area (Å²) in [6.07, 6.45) is 10.3. The molecule has 0 aromatic carbocycles. The monoisotopic (exact) mass is 170 g/mol. The molecule has 0 unspecified atom stereocenters. The number of hydrogen-bond donors (Lipinski definition) is 0. The van der Waals surface area contributed by atoms with E-state index in [0.29, 0.717) is 13.0 Å². The van der Waals surface area contributed by atoms with Crippen molar-refractivity contribution >= 4 is 6.29 Å². The Morgan fingerprint density at radius 3 is 2.50 bits per heavy atom. The summed E-state index contributed by atoms with van der Waals surface area (Å²) in [7, 11) is 1.69. The van der Waals surface area contributed by atoms with Crippen LogP contribution in [0.5, 0.6) is 0 Å². The summed E-state index contributed by atoms with van der Waals surface area (Å²) >= 11 is 0. The molecule has 70 valence electrons. The Labute approximate surface area is 74.6 Å². The van der Waals surface area contributed by atoms with Crippen LogP contribution in [0.15, 0.2) is 12.2 Å². The number of carbonyl (C=O) groups excluding carboxylic acids is 1. The number of aldehydes is 1. The first kappa shape index (κ1) is 11.4. The van der Waals surface area contributed by atoms with E-state index in [1.807, 2.05) is 6.08 Å². The summed E-state index contributed by atoms with van der Waals surface area (Å²) in [5.41, 5.74) is 0. The van der Waals surface area contributed by atoms with Crippen molar-refractivity contribution in [3.8, 4) is 0 Å². The lowest BCUT2D eigenvalue weighted by Crippen LogP contribution is -1.81. The molecule has 0 N–H and O–H groups in total. The Morgan fingerprint density at radius 2 is 1.83 bits per heavy atom. The van der Waals surface area contributed by atoms with Crippen molar-refractivity contribution in [1.82, 2.24) is 0 Å². The Balaban J connectivity index is 2.94. The summed E-state index contributed by atoms with van der Waals surface area (Å²) in [4.78, 5) is 9.95. The van der Waals surface area contributed by atoms with Gasteiger partial charge in [-0.1, -0.05) is 18.6 Å². The van der Waals surface area contributed by atoms with Gasteiger partial charge in [-0.15, -0.1) is 0 Å². The average molecular weight is 170 g/mol. The van der Waals surface area contributed by atoms with E-state index in [4.69, 9.17) is 4.74 Å². The predicted molar refractivity (Wildman–Crippen MR) is 50.2 cm³/mol. The molecule has 0 radical (unpaired) electrons. The quantitative estimate of drug-likeness (QED) is 0.317. The first-order chi connectivity index (χ1) is 5.91. The molecule has 0 aromatic heterocycles. The highest BCUT2D eigenvalue weighted by molar-refractivity contribution is 5.48. The predicted octanol–water partition coefficient (Wildman–Crippen LogP) is 2.34. The average Bonchev–Trinajstić information content (AvgIpc) is 2.10. The zero-order valence-corrected chi connectivity index (χ0v) is 7.79. The molecule has 0 aliphatic heterocycles. The molecule has 0 spiro atoms. The van der Waals surface area contributed by atoms with Gasteiger partial charge in [-0.3, -0.25) is 0 Å². The molecule has 0 bridgehead atoms. The van der Waals surface area contributed by atoms with Crippen LogP contribution in [0.25, 0.3) is 0 Å². The van der Waals surface area contributed by atoms with Crippen LogP contribution in [0.2, 0.25) is 0 Å². The highest BCUT2D eigenvalue weighted by Crippen LogP contribution is 2.01. The van der Waals surface area contributed by atoms with E-state index < -0.39 is 0 Å². The van der Waals surface area contributed by atoms with E-state index in [0.717, 1.165) is 25.5 Å². The maximum absolute atomic E-state index is 9.95. The fourth-order valence-corrected chi connectivity index (χ4v) is 0.949. The van der Waals surface area contributed by atoms with E-state index in [2.05, 4.69) is 6.08 Å². The first-order valence-electron chi connectivity index (χ1n) is 4.49. The SMILES string of the molecule is COCC=CCCCCCC=O. The third-order valence-electron chi connectivity index (χ3n) is 1.62. The van der Waals surface area contributed by atoms with Crippen molar-refractivity contribution in [2.45, 2.75) is 32.1 Å². The molecule has 0 aliphatic rings. The van der Waals surface area contributed by atoms with Crippen LogP contribution in [0.1, 0.15) is 32.1 Å². The Kier molecular flexibility index (Phi) is 9.83. The van der Waals surface area contributed by atoms with Crippen molar-refractivity contribution < 1.29 is 9.53 Å². The number of allylic oxidation sites excluding steroid dienone is 1. The van der Waals surface area contributed by atoms with Gasteiger partial charge in [-0.25, -0.2) is 0 Å². The molecule has 12 heavy (non-hydrogen) atoms. The minimum absolute atomic E-state index is 0.703. The second-order valence-electron chi connectivity index (χ2n) is 2.73. The lowest BCUT2D eigenvalue weighted by molar-refractivity contribution is -0.107. The lowest BCUT2D eigenvalue weighted by Gasteiger charge is -1.93. The smallest absolute Gasteiger partial charge is 0.119 e. The van der Waals surface area contributed by atoms with Gasteiger partial charge in [0.1, 0.15) is 6.29 Å². The van der Waals surface area contributed by atoms with Gasteiger partial charge >= 0.3 is 0 Å². The molecule has 2 heteroatoms. The van der Waals surface area contributed by atoms with Crippen molar-refractivity contribution in [1.29, 1.82) is 0 Å². The second kappa shape index (κ2) is 10.4. The van der Waals surface area contributed by atoms with Crippen molar-refractivity contribution in [2.24, 2.45) is 0 Å². The molecule has 0 fully saturated rings. The van der Waals surface area contributed by atoms with Crippen LogP contribution in [-0.2, 0) is 9.53 Å². The van der Waals surface area contributed by atoms with E-state index >= 15 is 0 Å². The number of ether oxygens (including phenoxy) is 1. The Hall–Kier alpha value is -0.630. The van der Waals surface area contributed by atoms with Gasteiger partial charge in [0, 0.05) is 13.5 Å². The largest absolute Gasteiger partial charge is 0.381 e. The van der Waals surface area contributed by atoms with Crippen molar-refractivity contribution in [3.63, 3.8) is 0 Å². The van der Waals surface area contributed by atoms with Crippen LogP contribution in [0, 0.1) is 0 Å². The number of rotatable bonds is 8. The minimum Gasteiger partial charge on any atom is -0.381 e. The van der Waals surface area contributed by atoms with Gasteiger partial charge in [0.15, 0.2) is 0 Å². The maximum Gasteiger partial charge on any atom is 0.119 e. The van der Waals surface area contributed by atoms with Crippen molar-refractivity contribution in [2.75, 3.05) is 13.7 Å². The summed E-state index contributed by atoms with van der Waals surface area (Å²) < 4.78 is 4.85. The van der Waals surface area contributed by atoms with Crippen LogP contribution >= 0.6 is 0 Å². The number of unbranched alkanes of at least 4 members (excludes halogenated alkanes) is 4. The number of carbonyl (C=O) groups is 1. The molecule has 2 nitrogen and oxygen atoms in total. The third kappa shape index (κ3) is 9.37. The van der Waals surface area contributed by atoms with Gasteiger partial charge < -0.3 is 9.53 Å². The van der Waals surface area contributed by atoms with Gasteiger partial charge in [0.2, 0.25) is 0 Å². The van der Waals surface area contributed by atoms with Crippen LogP contribution in [-0.4, -0.2) is 20.0 Å². The molecule has 0 heterocycles. The van der Waals surface area contributed by atoms with Gasteiger partial charge in [-0.05, 0) is 19.3 Å². The van der Waals surface area contributed by atoms with Gasteiger partial charge in [0.25, 0.3) is 0 Å². The summed E-state index contributed by atoms with van der Waals surface area (Å²) in [5.74, 6) is 0. The Bertz CT molecular complexity index is 119. The highest BCUT2D eigenvalue weighted by atomic mass is 16.5. The maximum atomic E-state index is 9.95. The second-order valence-corrected chi connectivity index (χ2v) is 2.73. The van der Waals surface area contributed by atoms with E-state index in [-0.39, 0.29) is 0 Å². The zero-order valence-electron chi connectivity index (χ0n) is 7.79.